The second kappa shape index (κ2) is 5.20. The van der Waals surface area contributed by atoms with Crippen LogP contribution in [0, 0.1) is 17.2 Å². The Bertz CT molecular complexity index is 405. The Morgan fingerprint density at radius 3 is 3.12 bits per heavy atom. The van der Waals surface area contributed by atoms with E-state index >= 15 is 0 Å². The maximum Gasteiger partial charge on any atom is 0.101 e. The molecule has 3 nitrogen and oxygen atoms in total. The van der Waals surface area contributed by atoms with Crippen LogP contribution in [0.4, 0.5) is 5.69 Å². The summed E-state index contributed by atoms with van der Waals surface area (Å²) in [7, 11) is 0. The zero-order valence-electron chi connectivity index (χ0n) is 8.96. The molecule has 0 spiro atoms. The predicted octanol–water partition coefficient (Wildman–Crippen LogP) is 2.23. The number of halogens is 1. The standard InChI is InChI=1S/C12H14ClN3/c13-11-2-1-10(6-14)12(5-11)16-8-9-3-4-15-7-9/h1-2,5,9,15-16H,3-4,7-8H2. The molecule has 1 saturated heterocycles. The van der Waals surface area contributed by atoms with Crippen LogP contribution in [0.3, 0.4) is 0 Å². The van der Waals surface area contributed by atoms with E-state index in [4.69, 9.17) is 16.9 Å². The SMILES string of the molecule is N#Cc1ccc(Cl)cc1NCC1CCNC1. The molecule has 1 aromatic rings. The molecule has 2 rings (SSSR count). The van der Waals surface area contributed by atoms with Gasteiger partial charge in [0.1, 0.15) is 6.07 Å². The largest absolute Gasteiger partial charge is 0.384 e. The van der Waals surface area contributed by atoms with Crippen LogP contribution in [0.25, 0.3) is 0 Å². The van der Waals surface area contributed by atoms with Crippen LogP contribution in [0.5, 0.6) is 0 Å². The summed E-state index contributed by atoms with van der Waals surface area (Å²) in [4.78, 5) is 0. The molecule has 1 aromatic carbocycles. The van der Waals surface area contributed by atoms with E-state index in [1.807, 2.05) is 6.07 Å². The molecular formula is C12H14ClN3. The first kappa shape index (κ1) is 11.3. The number of nitrogens with zero attached hydrogens (tertiary/aromatic N) is 1. The van der Waals surface area contributed by atoms with Crippen molar-refractivity contribution in [3.8, 4) is 6.07 Å². The molecule has 16 heavy (non-hydrogen) atoms. The van der Waals surface area contributed by atoms with Crippen molar-refractivity contribution in [2.75, 3.05) is 25.0 Å². The van der Waals surface area contributed by atoms with Gasteiger partial charge in [-0.1, -0.05) is 11.6 Å². The monoisotopic (exact) mass is 235 g/mol. The fraction of sp³-hybridized carbons (Fsp3) is 0.417. The molecule has 1 fully saturated rings. The van der Waals surface area contributed by atoms with Crippen LogP contribution < -0.4 is 10.6 Å². The molecule has 0 bridgehead atoms. The Labute approximate surface area is 100 Å². The third-order valence-corrected chi connectivity index (χ3v) is 3.08. The summed E-state index contributed by atoms with van der Waals surface area (Å²) in [5.41, 5.74) is 1.48. The molecule has 1 unspecified atom stereocenters. The van der Waals surface area contributed by atoms with E-state index in [2.05, 4.69) is 16.7 Å². The Kier molecular flexibility index (Phi) is 3.66. The Hall–Kier alpha value is -1.24. The Morgan fingerprint density at radius 1 is 1.56 bits per heavy atom. The highest BCUT2D eigenvalue weighted by Gasteiger charge is 2.14. The van der Waals surface area contributed by atoms with Gasteiger partial charge in [0.2, 0.25) is 0 Å². The van der Waals surface area contributed by atoms with Gasteiger partial charge in [-0.25, -0.2) is 0 Å². The molecule has 1 atom stereocenters. The third-order valence-electron chi connectivity index (χ3n) is 2.85. The smallest absolute Gasteiger partial charge is 0.101 e. The minimum atomic E-state index is 0.644. The molecule has 0 aliphatic carbocycles. The summed E-state index contributed by atoms with van der Waals surface area (Å²) in [6.45, 7) is 3.03. The third kappa shape index (κ3) is 2.66. The molecule has 1 aliphatic rings. The van der Waals surface area contributed by atoms with E-state index in [0.717, 1.165) is 25.3 Å². The van der Waals surface area contributed by atoms with Gasteiger partial charge in [-0.3, -0.25) is 0 Å². The number of anilines is 1. The predicted molar refractivity (Wildman–Crippen MR) is 65.6 cm³/mol. The lowest BCUT2D eigenvalue weighted by atomic mass is 10.1. The van der Waals surface area contributed by atoms with Gasteiger partial charge in [0, 0.05) is 11.6 Å². The first-order valence-corrected chi connectivity index (χ1v) is 5.81. The maximum absolute atomic E-state index is 8.96. The summed E-state index contributed by atoms with van der Waals surface area (Å²) in [6.07, 6.45) is 1.19. The van der Waals surface area contributed by atoms with Gasteiger partial charge in [0.15, 0.2) is 0 Å². The summed E-state index contributed by atoms with van der Waals surface area (Å²) in [5, 5.41) is 16.2. The van der Waals surface area contributed by atoms with E-state index < -0.39 is 0 Å². The fourth-order valence-corrected chi connectivity index (χ4v) is 2.08. The molecule has 84 valence electrons. The van der Waals surface area contributed by atoms with Gasteiger partial charge >= 0.3 is 0 Å². The van der Waals surface area contributed by atoms with Gasteiger partial charge in [0.05, 0.1) is 11.3 Å². The normalized spacial score (nSPS) is 19.4. The molecule has 2 N–H and O–H groups in total. The van der Waals surface area contributed by atoms with Crippen LogP contribution in [0.15, 0.2) is 18.2 Å². The quantitative estimate of drug-likeness (QED) is 0.845. The number of rotatable bonds is 3. The lowest BCUT2D eigenvalue weighted by molar-refractivity contribution is 0.615. The van der Waals surface area contributed by atoms with E-state index in [1.165, 1.54) is 6.42 Å². The lowest BCUT2D eigenvalue weighted by Gasteiger charge is -2.12. The minimum Gasteiger partial charge on any atom is -0.384 e. The van der Waals surface area contributed by atoms with Crippen molar-refractivity contribution < 1.29 is 0 Å². The highest BCUT2D eigenvalue weighted by Crippen LogP contribution is 2.21. The van der Waals surface area contributed by atoms with Gasteiger partial charge in [-0.05, 0) is 43.6 Å². The first-order valence-electron chi connectivity index (χ1n) is 5.44. The highest BCUT2D eigenvalue weighted by molar-refractivity contribution is 6.30. The van der Waals surface area contributed by atoms with Gasteiger partial charge in [-0.15, -0.1) is 0 Å². The van der Waals surface area contributed by atoms with Crippen LogP contribution >= 0.6 is 11.6 Å². The first-order chi connectivity index (χ1) is 7.79. The zero-order chi connectivity index (χ0) is 11.4. The molecule has 4 heteroatoms. The van der Waals surface area contributed by atoms with Crippen molar-refractivity contribution in [3.05, 3.63) is 28.8 Å². The van der Waals surface area contributed by atoms with E-state index in [9.17, 15) is 0 Å². The Balaban J connectivity index is 2.02. The number of nitriles is 1. The molecule has 1 aliphatic heterocycles. The van der Waals surface area contributed by atoms with Gasteiger partial charge in [-0.2, -0.15) is 5.26 Å². The molecule has 1 heterocycles. The van der Waals surface area contributed by atoms with Crippen LogP contribution in [-0.2, 0) is 0 Å². The second-order valence-electron chi connectivity index (χ2n) is 4.04. The summed E-state index contributed by atoms with van der Waals surface area (Å²) < 4.78 is 0. The fourth-order valence-electron chi connectivity index (χ4n) is 1.90. The minimum absolute atomic E-state index is 0.644. The molecule has 0 saturated carbocycles. The number of hydrogen-bond acceptors (Lipinski definition) is 3. The number of nitrogens with one attached hydrogen (secondary N) is 2. The van der Waals surface area contributed by atoms with E-state index in [-0.39, 0.29) is 0 Å². The second-order valence-corrected chi connectivity index (χ2v) is 4.48. The van der Waals surface area contributed by atoms with Crippen molar-refractivity contribution in [2.45, 2.75) is 6.42 Å². The number of hydrogen-bond donors (Lipinski definition) is 2. The van der Waals surface area contributed by atoms with Crippen molar-refractivity contribution in [1.29, 1.82) is 5.26 Å². The average Bonchev–Trinajstić information content (AvgIpc) is 2.79. The molecule has 0 radical (unpaired) electrons. The van der Waals surface area contributed by atoms with E-state index in [1.54, 1.807) is 12.1 Å². The van der Waals surface area contributed by atoms with Crippen molar-refractivity contribution in [3.63, 3.8) is 0 Å². The van der Waals surface area contributed by atoms with Crippen molar-refractivity contribution >= 4 is 17.3 Å². The van der Waals surface area contributed by atoms with E-state index in [0.29, 0.717) is 16.5 Å². The van der Waals surface area contributed by atoms with Crippen LogP contribution in [-0.4, -0.2) is 19.6 Å². The van der Waals surface area contributed by atoms with Crippen LogP contribution in [0.1, 0.15) is 12.0 Å². The van der Waals surface area contributed by atoms with Gasteiger partial charge < -0.3 is 10.6 Å². The summed E-state index contributed by atoms with van der Waals surface area (Å²) in [6, 6.07) is 7.46. The summed E-state index contributed by atoms with van der Waals surface area (Å²) >= 11 is 5.91. The van der Waals surface area contributed by atoms with Crippen molar-refractivity contribution in [2.24, 2.45) is 5.92 Å². The molecular weight excluding hydrogens is 222 g/mol. The summed E-state index contributed by atoms with van der Waals surface area (Å²) in [5.74, 6) is 0.644. The number of benzene rings is 1. The Morgan fingerprint density at radius 2 is 2.44 bits per heavy atom. The lowest BCUT2D eigenvalue weighted by Crippen LogP contribution is -2.17. The topological polar surface area (TPSA) is 47.9 Å². The molecule has 0 aromatic heterocycles. The average molecular weight is 236 g/mol. The van der Waals surface area contributed by atoms with Crippen LogP contribution in [0.2, 0.25) is 5.02 Å². The maximum atomic E-state index is 8.96. The van der Waals surface area contributed by atoms with Gasteiger partial charge in [0.25, 0.3) is 0 Å². The highest BCUT2D eigenvalue weighted by atomic mass is 35.5. The van der Waals surface area contributed by atoms with Crippen molar-refractivity contribution in [1.82, 2.24) is 5.32 Å². The zero-order valence-corrected chi connectivity index (χ0v) is 9.72. The molecule has 0 amide bonds.